The van der Waals surface area contributed by atoms with Crippen molar-refractivity contribution in [2.24, 2.45) is 5.92 Å². The predicted molar refractivity (Wildman–Crippen MR) is 89.2 cm³/mol. The largest absolute Gasteiger partial charge is 0.494 e. The zero-order chi connectivity index (χ0) is 17.1. The Balaban J connectivity index is 1.49. The van der Waals surface area contributed by atoms with Crippen LogP contribution in [0.1, 0.15) is 37.7 Å². The third kappa shape index (κ3) is 3.80. The molecule has 1 heterocycles. The minimum absolute atomic E-state index is 0.0766. The normalized spacial score (nSPS) is 23.6. The Kier molecular flexibility index (Phi) is 4.92. The summed E-state index contributed by atoms with van der Waals surface area (Å²) in [4.78, 5) is 25.0. The number of rotatable bonds is 5. The number of nitrogens with zero attached hydrogens (tertiary/aromatic N) is 1. The monoisotopic (exact) mass is 332 g/mol. The Hall–Kier alpha value is -2.24. The molecule has 2 amide bonds. The number of amides is 2. The van der Waals surface area contributed by atoms with E-state index in [9.17, 15) is 9.59 Å². The number of piperidine rings is 1. The molecule has 2 fully saturated rings. The molecule has 0 bridgehead atoms. The third-order valence-electron chi connectivity index (χ3n) is 4.83. The van der Waals surface area contributed by atoms with Crippen LogP contribution in [0.3, 0.4) is 0 Å². The van der Waals surface area contributed by atoms with E-state index in [1.165, 1.54) is 5.56 Å². The molecule has 6 heteroatoms. The molecule has 3 rings (SSSR count). The van der Waals surface area contributed by atoms with E-state index >= 15 is 0 Å². The van der Waals surface area contributed by atoms with E-state index in [0.717, 1.165) is 12.2 Å². The first-order chi connectivity index (χ1) is 11.6. The summed E-state index contributed by atoms with van der Waals surface area (Å²) < 4.78 is 5.52. The van der Waals surface area contributed by atoms with Gasteiger partial charge in [-0.25, -0.2) is 4.79 Å². The number of likely N-dealkylation sites (tertiary alicyclic amines) is 1. The number of benzene rings is 1. The average Bonchev–Trinajstić information content (AvgIpc) is 3.34. The molecule has 2 atom stereocenters. The second-order valence-corrected chi connectivity index (χ2v) is 6.50. The molecule has 130 valence electrons. The van der Waals surface area contributed by atoms with Crippen molar-refractivity contribution in [3.05, 3.63) is 29.8 Å². The van der Waals surface area contributed by atoms with Crippen molar-refractivity contribution in [1.29, 1.82) is 0 Å². The molecular weight excluding hydrogens is 308 g/mol. The molecule has 2 aliphatic rings. The first-order valence-corrected chi connectivity index (χ1v) is 8.59. The topological polar surface area (TPSA) is 78.9 Å². The van der Waals surface area contributed by atoms with E-state index in [1.807, 2.05) is 25.1 Å². The van der Waals surface area contributed by atoms with Gasteiger partial charge in [-0.2, -0.15) is 0 Å². The number of urea groups is 1. The number of nitrogens with one attached hydrogen (secondary N) is 1. The molecule has 1 saturated carbocycles. The summed E-state index contributed by atoms with van der Waals surface area (Å²) in [7, 11) is 0. The van der Waals surface area contributed by atoms with Crippen LogP contribution in [0.4, 0.5) is 4.79 Å². The van der Waals surface area contributed by atoms with E-state index in [4.69, 9.17) is 9.84 Å². The van der Waals surface area contributed by atoms with Crippen molar-refractivity contribution in [1.82, 2.24) is 10.2 Å². The van der Waals surface area contributed by atoms with Crippen LogP contribution in [0, 0.1) is 5.92 Å². The fourth-order valence-electron chi connectivity index (χ4n) is 3.30. The summed E-state index contributed by atoms with van der Waals surface area (Å²) in [6.45, 7) is 3.63. The number of ether oxygens (including phenoxy) is 1. The maximum Gasteiger partial charge on any atom is 0.317 e. The van der Waals surface area contributed by atoms with Crippen LogP contribution in [0.5, 0.6) is 5.75 Å². The molecule has 6 nitrogen and oxygen atoms in total. The van der Waals surface area contributed by atoms with Gasteiger partial charge in [-0.1, -0.05) is 12.1 Å². The molecule has 1 aliphatic heterocycles. The van der Waals surface area contributed by atoms with Crippen LogP contribution in [0.2, 0.25) is 0 Å². The van der Waals surface area contributed by atoms with Crippen LogP contribution in [0.25, 0.3) is 0 Å². The fourth-order valence-corrected chi connectivity index (χ4v) is 3.30. The highest BCUT2D eigenvalue weighted by molar-refractivity contribution is 5.76. The number of carbonyl (C=O) groups excluding carboxylic acids is 1. The van der Waals surface area contributed by atoms with Gasteiger partial charge in [0.25, 0.3) is 0 Å². The summed E-state index contributed by atoms with van der Waals surface area (Å²) in [5.41, 5.74) is 1.19. The number of carbonyl (C=O) groups is 2. The molecule has 0 spiro atoms. The Morgan fingerprint density at radius 1 is 1.33 bits per heavy atom. The molecule has 1 aromatic carbocycles. The van der Waals surface area contributed by atoms with Crippen molar-refractivity contribution in [2.45, 2.75) is 38.1 Å². The van der Waals surface area contributed by atoms with Gasteiger partial charge in [0.1, 0.15) is 5.75 Å². The predicted octanol–water partition coefficient (Wildman–Crippen LogP) is 2.45. The van der Waals surface area contributed by atoms with E-state index < -0.39 is 5.97 Å². The van der Waals surface area contributed by atoms with E-state index in [2.05, 4.69) is 11.4 Å². The highest BCUT2D eigenvalue weighted by Gasteiger charge is 2.40. The van der Waals surface area contributed by atoms with Gasteiger partial charge in [-0.15, -0.1) is 0 Å². The van der Waals surface area contributed by atoms with Crippen LogP contribution in [-0.2, 0) is 4.79 Å². The molecule has 1 aromatic rings. The number of carboxylic acid groups (broad SMARTS) is 1. The molecule has 0 unspecified atom stereocenters. The van der Waals surface area contributed by atoms with Crippen LogP contribution in [-0.4, -0.2) is 47.7 Å². The van der Waals surface area contributed by atoms with Gasteiger partial charge in [0.05, 0.1) is 12.5 Å². The lowest BCUT2D eigenvalue weighted by Gasteiger charge is -2.30. The Labute approximate surface area is 141 Å². The second kappa shape index (κ2) is 7.11. The van der Waals surface area contributed by atoms with Crippen molar-refractivity contribution in [2.75, 3.05) is 19.7 Å². The van der Waals surface area contributed by atoms with Crippen molar-refractivity contribution < 1.29 is 19.4 Å². The van der Waals surface area contributed by atoms with Gasteiger partial charge in [-0.3, -0.25) is 4.79 Å². The summed E-state index contributed by atoms with van der Waals surface area (Å²) in [6, 6.07) is 8.11. The fraction of sp³-hybridized carbons (Fsp3) is 0.556. The lowest BCUT2D eigenvalue weighted by Crippen LogP contribution is -2.46. The minimum atomic E-state index is -0.758. The van der Waals surface area contributed by atoms with Crippen molar-refractivity contribution >= 4 is 12.0 Å². The van der Waals surface area contributed by atoms with Crippen molar-refractivity contribution in [3.63, 3.8) is 0 Å². The van der Waals surface area contributed by atoms with Gasteiger partial charge in [-0.05, 0) is 43.9 Å². The number of aliphatic carboxylic acids is 1. The summed E-state index contributed by atoms with van der Waals surface area (Å²) >= 11 is 0. The maximum absolute atomic E-state index is 12.3. The molecule has 2 N–H and O–H groups in total. The van der Waals surface area contributed by atoms with E-state index in [0.29, 0.717) is 38.5 Å². The smallest absolute Gasteiger partial charge is 0.317 e. The molecule has 1 saturated heterocycles. The first-order valence-electron chi connectivity index (χ1n) is 8.59. The summed E-state index contributed by atoms with van der Waals surface area (Å²) in [6.07, 6.45) is 2.01. The molecular formula is C18H24N2O4. The van der Waals surface area contributed by atoms with Crippen LogP contribution < -0.4 is 10.1 Å². The van der Waals surface area contributed by atoms with Crippen LogP contribution in [0.15, 0.2) is 24.3 Å². The average molecular weight is 332 g/mol. The van der Waals surface area contributed by atoms with Gasteiger partial charge in [0.2, 0.25) is 0 Å². The second-order valence-electron chi connectivity index (χ2n) is 6.50. The highest BCUT2D eigenvalue weighted by atomic mass is 16.5. The molecule has 24 heavy (non-hydrogen) atoms. The zero-order valence-electron chi connectivity index (χ0n) is 13.9. The van der Waals surface area contributed by atoms with E-state index in [1.54, 1.807) is 4.90 Å². The number of hydrogen-bond donors (Lipinski definition) is 2. The standard InChI is InChI=1S/C18H24N2O4/c1-2-24-14-5-3-4-13(10-14)15-11-16(15)19-18(23)20-8-6-12(7-9-20)17(21)22/h3-5,10,12,15-16H,2,6-9,11H2,1H3,(H,19,23)(H,21,22)/t15-,16+/m0/s1. The van der Waals surface area contributed by atoms with Crippen LogP contribution >= 0.6 is 0 Å². The Morgan fingerprint density at radius 3 is 2.75 bits per heavy atom. The molecule has 0 radical (unpaired) electrons. The lowest BCUT2D eigenvalue weighted by atomic mass is 9.97. The quantitative estimate of drug-likeness (QED) is 0.868. The van der Waals surface area contributed by atoms with Crippen molar-refractivity contribution in [3.8, 4) is 5.75 Å². The lowest BCUT2D eigenvalue weighted by molar-refractivity contribution is -0.143. The number of carboxylic acids is 1. The van der Waals surface area contributed by atoms with Gasteiger partial charge < -0.3 is 20.1 Å². The van der Waals surface area contributed by atoms with E-state index in [-0.39, 0.29) is 18.0 Å². The Bertz CT molecular complexity index is 611. The SMILES string of the molecule is CCOc1cccc([C@@H]2C[C@H]2NC(=O)N2CCC(C(=O)O)CC2)c1. The third-order valence-corrected chi connectivity index (χ3v) is 4.83. The Morgan fingerprint density at radius 2 is 2.08 bits per heavy atom. The van der Waals surface area contributed by atoms with Gasteiger partial charge >= 0.3 is 12.0 Å². The highest BCUT2D eigenvalue weighted by Crippen LogP contribution is 2.41. The summed E-state index contributed by atoms with van der Waals surface area (Å²) in [5.74, 6) is 0.129. The first kappa shape index (κ1) is 16.6. The molecule has 0 aromatic heterocycles. The summed E-state index contributed by atoms with van der Waals surface area (Å²) in [5, 5.41) is 12.1. The minimum Gasteiger partial charge on any atom is -0.494 e. The maximum atomic E-state index is 12.3. The zero-order valence-corrected chi connectivity index (χ0v) is 13.9. The van der Waals surface area contributed by atoms with Gasteiger partial charge in [0.15, 0.2) is 0 Å². The molecule has 1 aliphatic carbocycles. The van der Waals surface area contributed by atoms with Gasteiger partial charge in [0, 0.05) is 25.0 Å². The number of hydrogen-bond acceptors (Lipinski definition) is 3.